The zero-order chi connectivity index (χ0) is 20.6. The molecule has 2 aromatic rings. The van der Waals surface area contributed by atoms with Crippen molar-refractivity contribution >= 4 is 28.8 Å². The monoisotopic (exact) mass is 398 g/mol. The first kappa shape index (κ1) is 19.8. The second-order valence-electron chi connectivity index (χ2n) is 6.45. The molecule has 3 rings (SSSR count). The zero-order valence-electron chi connectivity index (χ0n) is 15.0. The van der Waals surface area contributed by atoms with Gasteiger partial charge in [0.15, 0.2) is 0 Å². The summed E-state index contributed by atoms with van der Waals surface area (Å²) < 4.78 is 40.5. The number of aromatic amines is 1. The first-order valence-corrected chi connectivity index (χ1v) is 8.40. The van der Waals surface area contributed by atoms with Crippen molar-refractivity contribution in [2.24, 2.45) is 0 Å². The van der Waals surface area contributed by atoms with Crippen molar-refractivity contribution in [1.29, 1.82) is 0 Å². The van der Waals surface area contributed by atoms with E-state index in [1.807, 2.05) is 11.9 Å². The molecule has 28 heavy (non-hydrogen) atoms. The maximum absolute atomic E-state index is 12.6. The predicted octanol–water partition coefficient (Wildman–Crippen LogP) is 1.28. The number of anilines is 1. The summed E-state index contributed by atoms with van der Waals surface area (Å²) in [4.78, 5) is 44.3. The van der Waals surface area contributed by atoms with Crippen molar-refractivity contribution < 1.29 is 27.5 Å². The van der Waals surface area contributed by atoms with E-state index in [1.165, 1.54) is 0 Å². The molecule has 0 radical (unpaired) electrons. The number of aryl methyl sites for hydroxylation is 1. The Morgan fingerprint density at radius 3 is 2.71 bits per heavy atom. The Labute approximate surface area is 156 Å². The highest BCUT2D eigenvalue weighted by atomic mass is 19.4. The van der Waals surface area contributed by atoms with Gasteiger partial charge in [-0.05, 0) is 32.0 Å². The van der Waals surface area contributed by atoms with Gasteiger partial charge in [-0.3, -0.25) is 4.79 Å². The van der Waals surface area contributed by atoms with Gasteiger partial charge in [0.2, 0.25) is 5.43 Å². The molecule has 11 heteroatoms. The highest BCUT2D eigenvalue weighted by Gasteiger charge is 2.43. The van der Waals surface area contributed by atoms with E-state index in [4.69, 9.17) is 0 Å². The summed E-state index contributed by atoms with van der Waals surface area (Å²) in [5.74, 6) is -3.72. The molecule has 150 valence electrons. The first-order valence-electron chi connectivity index (χ1n) is 8.40. The van der Waals surface area contributed by atoms with E-state index in [0.717, 1.165) is 25.7 Å². The highest BCUT2D eigenvalue weighted by molar-refractivity contribution is 6.00. The average Bonchev–Trinajstić information content (AvgIpc) is 3.09. The Bertz CT molecular complexity index is 1000. The molecule has 0 amide bonds. The normalized spacial score (nSPS) is 17.2. The summed E-state index contributed by atoms with van der Waals surface area (Å²) in [6.45, 7) is 3.14. The lowest BCUT2D eigenvalue weighted by molar-refractivity contribution is -0.193. The van der Waals surface area contributed by atoms with Crippen LogP contribution in [-0.4, -0.2) is 54.3 Å². The van der Waals surface area contributed by atoms with E-state index >= 15 is 0 Å². The van der Waals surface area contributed by atoms with Crippen LogP contribution in [-0.2, 0) is 9.53 Å². The molecular formula is C17H17F3N4O4. The number of alkyl halides is 3. The van der Waals surface area contributed by atoms with Gasteiger partial charge < -0.3 is 19.9 Å². The van der Waals surface area contributed by atoms with Crippen molar-refractivity contribution in [3.8, 4) is 0 Å². The quantitative estimate of drug-likeness (QED) is 0.593. The van der Waals surface area contributed by atoms with Gasteiger partial charge in [0.1, 0.15) is 17.0 Å². The minimum Gasteiger partial charge on any atom is -0.382 e. The number of nitrogens with one attached hydrogen (secondary N) is 2. The van der Waals surface area contributed by atoms with Gasteiger partial charge in [-0.15, -0.1) is 0 Å². The van der Waals surface area contributed by atoms with Crippen LogP contribution in [0.1, 0.15) is 22.3 Å². The minimum absolute atomic E-state index is 0.0435. The summed E-state index contributed by atoms with van der Waals surface area (Å²) in [5.41, 5.74) is -0.892. The number of nitrogens with zero attached hydrogens (tertiary/aromatic N) is 2. The molecule has 2 N–H and O–H groups in total. The number of carbonyl (C=O) groups excluding carboxylic acids is 2. The number of aromatic nitrogens is 2. The van der Waals surface area contributed by atoms with Crippen LogP contribution in [0.3, 0.4) is 0 Å². The maximum atomic E-state index is 12.6. The van der Waals surface area contributed by atoms with Crippen LogP contribution in [0.15, 0.2) is 17.1 Å². The number of hydrogen-bond donors (Lipinski definition) is 2. The predicted molar refractivity (Wildman–Crippen MR) is 93.3 cm³/mol. The molecule has 2 aromatic heterocycles. The van der Waals surface area contributed by atoms with Crippen LogP contribution in [0.25, 0.3) is 11.0 Å². The van der Waals surface area contributed by atoms with E-state index in [2.05, 4.69) is 20.0 Å². The van der Waals surface area contributed by atoms with Crippen LogP contribution in [0.2, 0.25) is 0 Å². The standard InChI is InChI=1S/C17H17F3N4O4/c1-8-5-11(24-4-3-9(7-24)21-2)23-14-12(8)13(25)10(6-22-14)15(26)28-16(27)17(18,19)20/h5-6,9,21H,3-4,7H2,1-2H3,(H,22,23,25). The Hall–Kier alpha value is -2.95. The molecule has 0 saturated carbocycles. The van der Waals surface area contributed by atoms with E-state index < -0.39 is 29.1 Å². The molecule has 8 nitrogen and oxygen atoms in total. The maximum Gasteiger partial charge on any atom is 0.491 e. The third kappa shape index (κ3) is 3.70. The number of H-pyrrole nitrogens is 1. The summed E-state index contributed by atoms with van der Waals surface area (Å²) in [7, 11) is 1.87. The average molecular weight is 398 g/mol. The molecule has 1 unspecified atom stereocenters. The number of pyridine rings is 2. The van der Waals surface area contributed by atoms with E-state index in [0.29, 0.717) is 17.4 Å². The fourth-order valence-electron chi connectivity index (χ4n) is 3.10. The summed E-state index contributed by atoms with van der Waals surface area (Å²) in [5, 5.41) is 3.23. The van der Waals surface area contributed by atoms with E-state index in [1.54, 1.807) is 13.0 Å². The number of ether oxygens (including phenoxy) is 1. The van der Waals surface area contributed by atoms with Crippen LogP contribution in [0.5, 0.6) is 0 Å². The molecule has 3 heterocycles. The first-order chi connectivity index (χ1) is 13.1. The lowest BCUT2D eigenvalue weighted by atomic mass is 10.1. The molecule has 0 bridgehead atoms. The van der Waals surface area contributed by atoms with Crippen molar-refractivity contribution in [3.63, 3.8) is 0 Å². The van der Waals surface area contributed by atoms with Crippen molar-refractivity contribution in [1.82, 2.24) is 15.3 Å². The van der Waals surface area contributed by atoms with Gasteiger partial charge in [-0.25, -0.2) is 14.6 Å². The molecule has 1 aliphatic heterocycles. The van der Waals surface area contributed by atoms with Crippen molar-refractivity contribution in [2.45, 2.75) is 25.6 Å². The van der Waals surface area contributed by atoms with Crippen molar-refractivity contribution in [2.75, 3.05) is 25.0 Å². The largest absolute Gasteiger partial charge is 0.491 e. The molecule has 0 aliphatic carbocycles. The minimum atomic E-state index is -5.34. The third-order valence-corrected chi connectivity index (χ3v) is 4.59. The molecular weight excluding hydrogens is 381 g/mol. The van der Waals surface area contributed by atoms with Crippen LogP contribution < -0.4 is 15.6 Å². The molecule has 1 fully saturated rings. The lowest BCUT2D eigenvalue weighted by Gasteiger charge is -2.18. The Kier molecular flexibility index (Phi) is 5.11. The smallest absolute Gasteiger partial charge is 0.382 e. The van der Waals surface area contributed by atoms with Gasteiger partial charge in [0.25, 0.3) is 0 Å². The van der Waals surface area contributed by atoms with Crippen LogP contribution in [0, 0.1) is 6.92 Å². The van der Waals surface area contributed by atoms with Gasteiger partial charge in [-0.2, -0.15) is 13.2 Å². The SMILES string of the molecule is CNC1CCN(c2cc(C)c3c(=O)c(C(=O)OC(=O)C(F)(F)F)c[nH]c3n2)C1. The number of hydrogen-bond acceptors (Lipinski definition) is 7. The number of carbonyl (C=O) groups is 2. The molecule has 1 aliphatic rings. The van der Waals surface area contributed by atoms with Gasteiger partial charge in [0, 0.05) is 25.3 Å². The summed E-state index contributed by atoms with van der Waals surface area (Å²) in [6.07, 6.45) is -3.51. The van der Waals surface area contributed by atoms with Crippen LogP contribution >= 0.6 is 0 Å². The summed E-state index contributed by atoms with van der Waals surface area (Å²) in [6, 6.07) is 1.99. The Balaban J connectivity index is 1.95. The van der Waals surface area contributed by atoms with Gasteiger partial charge in [-0.1, -0.05) is 0 Å². The van der Waals surface area contributed by atoms with Gasteiger partial charge in [0.05, 0.1) is 5.39 Å². The number of esters is 2. The van der Waals surface area contributed by atoms with E-state index in [9.17, 15) is 27.6 Å². The lowest BCUT2D eigenvalue weighted by Crippen LogP contribution is -2.30. The Morgan fingerprint density at radius 1 is 1.39 bits per heavy atom. The fraction of sp³-hybridized carbons (Fsp3) is 0.412. The second kappa shape index (κ2) is 7.23. The highest BCUT2D eigenvalue weighted by Crippen LogP contribution is 2.23. The molecule has 0 aromatic carbocycles. The fourth-order valence-corrected chi connectivity index (χ4v) is 3.10. The number of halogens is 3. The van der Waals surface area contributed by atoms with Gasteiger partial charge >= 0.3 is 18.1 Å². The molecule has 1 saturated heterocycles. The van der Waals surface area contributed by atoms with Crippen molar-refractivity contribution in [3.05, 3.63) is 33.6 Å². The Morgan fingerprint density at radius 2 is 2.11 bits per heavy atom. The summed E-state index contributed by atoms with van der Waals surface area (Å²) >= 11 is 0. The van der Waals surface area contributed by atoms with Crippen LogP contribution in [0.4, 0.5) is 19.0 Å². The molecule has 0 spiro atoms. The number of likely N-dealkylation sites (N-methyl/N-ethyl adjacent to an activating group) is 1. The van der Waals surface area contributed by atoms with E-state index in [-0.39, 0.29) is 11.0 Å². The zero-order valence-corrected chi connectivity index (χ0v) is 15.0. The number of rotatable bonds is 3. The molecule has 1 atom stereocenters. The third-order valence-electron chi connectivity index (χ3n) is 4.59. The topological polar surface area (TPSA) is 104 Å². The second-order valence-corrected chi connectivity index (χ2v) is 6.45. The number of fused-ring (bicyclic) bond motifs is 1.